The summed E-state index contributed by atoms with van der Waals surface area (Å²) in [5.41, 5.74) is 7.49. The zero-order valence-electron chi connectivity index (χ0n) is 15.8. The fourth-order valence-corrected chi connectivity index (χ4v) is 4.26. The molecule has 2 heteroatoms. The lowest BCUT2D eigenvalue weighted by atomic mass is 9.72. The van der Waals surface area contributed by atoms with Crippen LogP contribution in [0.15, 0.2) is 66.2 Å². The van der Waals surface area contributed by atoms with Crippen molar-refractivity contribution in [3.8, 4) is 22.5 Å². The highest BCUT2D eigenvalue weighted by atomic mass is 14.9. The van der Waals surface area contributed by atoms with Crippen molar-refractivity contribution in [1.82, 2.24) is 9.97 Å². The van der Waals surface area contributed by atoms with E-state index < -0.39 is 0 Å². The van der Waals surface area contributed by atoms with Gasteiger partial charge in [0.15, 0.2) is 0 Å². The van der Waals surface area contributed by atoms with Crippen molar-refractivity contribution in [1.29, 1.82) is 0 Å². The van der Waals surface area contributed by atoms with Crippen LogP contribution >= 0.6 is 0 Å². The minimum atomic E-state index is 0.155. The first-order chi connectivity index (χ1) is 12.6. The quantitative estimate of drug-likeness (QED) is 0.562. The van der Waals surface area contributed by atoms with Crippen molar-refractivity contribution in [3.05, 3.63) is 72.1 Å². The highest BCUT2D eigenvalue weighted by molar-refractivity contribution is 5.82. The van der Waals surface area contributed by atoms with E-state index in [-0.39, 0.29) is 5.41 Å². The molecule has 0 atom stereocenters. The van der Waals surface area contributed by atoms with Crippen LogP contribution in [0.25, 0.3) is 28.1 Å². The average molecular weight is 342 g/mol. The van der Waals surface area contributed by atoms with Gasteiger partial charge in [-0.2, -0.15) is 0 Å². The highest BCUT2D eigenvalue weighted by Gasteiger charge is 2.32. The van der Waals surface area contributed by atoms with Crippen molar-refractivity contribution in [2.75, 3.05) is 0 Å². The molecule has 1 aromatic heterocycles. The number of nitrogens with one attached hydrogen (secondary N) is 1. The smallest absolute Gasteiger partial charge is 0.134 e. The Morgan fingerprint density at radius 1 is 0.885 bits per heavy atom. The normalized spacial score (nSPS) is 16.7. The Hall–Kier alpha value is -2.61. The van der Waals surface area contributed by atoms with Crippen LogP contribution in [0.3, 0.4) is 0 Å². The maximum absolute atomic E-state index is 5.11. The number of rotatable bonds is 3. The number of aromatic amines is 1. The topological polar surface area (TPSA) is 28.7 Å². The van der Waals surface area contributed by atoms with E-state index in [1.165, 1.54) is 36.0 Å². The zero-order chi connectivity index (χ0) is 18.1. The summed E-state index contributed by atoms with van der Waals surface area (Å²) in [6.45, 7) is 6.96. The van der Waals surface area contributed by atoms with E-state index in [4.69, 9.17) is 4.98 Å². The van der Waals surface area contributed by atoms with Gasteiger partial charge in [-0.05, 0) is 37.2 Å². The van der Waals surface area contributed by atoms with Crippen molar-refractivity contribution in [2.24, 2.45) is 5.41 Å². The summed E-state index contributed by atoms with van der Waals surface area (Å²) < 4.78 is 0. The Morgan fingerprint density at radius 3 is 2.12 bits per heavy atom. The summed E-state index contributed by atoms with van der Waals surface area (Å²) in [4.78, 5) is 8.80. The molecule has 0 unspecified atom stereocenters. The summed E-state index contributed by atoms with van der Waals surface area (Å²) in [5, 5.41) is 0. The molecule has 1 N–H and O–H groups in total. The number of imidazole rings is 1. The minimum absolute atomic E-state index is 0.155. The summed E-state index contributed by atoms with van der Waals surface area (Å²) in [7, 11) is 0. The standard InChI is InChI=1S/C24H26N2/c1-17-11-10-16-24(2,3)20(17)23-25-21(18-12-6-4-7-13-18)22(26-23)19-14-8-5-9-15-19/h4-9,12-15H,10-11,16H2,1-3H3,(H,25,26). The van der Waals surface area contributed by atoms with Crippen LogP contribution < -0.4 is 0 Å². The molecule has 2 nitrogen and oxygen atoms in total. The van der Waals surface area contributed by atoms with Crippen LogP contribution in [0.5, 0.6) is 0 Å². The maximum Gasteiger partial charge on any atom is 0.134 e. The predicted octanol–water partition coefficient (Wildman–Crippen LogP) is 6.73. The number of nitrogens with zero attached hydrogens (tertiary/aromatic N) is 1. The van der Waals surface area contributed by atoms with Gasteiger partial charge in [-0.25, -0.2) is 4.98 Å². The molecule has 2 aromatic carbocycles. The number of benzene rings is 2. The maximum atomic E-state index is 5.11. The average Bonchev–Trinajstić information content (AvgIpc) is 3.07. The molecule has 0 saturated heterocycles. The monoisotopic (exact) mass is 342 g/mol. The molecule has 26 heavy (non-hydrogen) atoms. The van der Waals surface area contributed by atoms with Gasteiger partial charge in [0.2, 0.25) is 0 Å². The second-order valence-electron chi connectivity index (χ2n) is 7.93. The molecule has 132 valence electrons. The summed E-state index contributed by atoms with van der Waals surface area (Å²) >= 11 is 0. The Kier molecular flexibility index (Phi) is 4.28. The Morgan fingerprint density at radius 2 is 1.50 bits per heavy atom. The van der Waals surface area contributed by atoms with Crippen LogP contribution in [0.1, 0.15) is 45.9 Å². The van der Waals surface area contributed by atoms with Gasteiger partial charge in [-0.3, -0.25) is 0 Å². The van der Waals surface area contributed by atoms with E-state index in [1.54, 1.807) is 0 Å². The van der Waals surface area contributed by atoms with Crippen LogP contribution in [0, 0.1) is 5.41 Å². The van der Waals surface area contributed by atoms with Gasteiger partial charge in [-0.1, -0.05) is 80.1 Å². The fraction of sp³-hybridized carbons (Fsp3) is 0.292. The van der Waals surface area contributed by atoms with Crippen LogP contribution in [-0.4, -0.2) is 9.97 Å². The van der Waals surface area contributed by atoms with E-state index in [0.717, 1.165) is 22.8 Å². The van der Waals surface area contributed by atoms with E-state index in [2.05, 4.69) is 86.4 Å². The summed E-state index contributed by atoms with van der Waals surface area (Å²) in [6, 6.07) is 21.0. The third-order valence-electron chi connectivity index (χ3n) is 5.51. The van der Waals surface area contributed by atoms with Gasteiger partial charge >= 0.3 is 0 Å². The number of allylic oxidation sites excluding steroid dienone is 2. The second-order valence-corrected chi connectivity index (χ2v) is 7.93. The van der Waals surface area contributed by atoms with Crippen molar-refractivity contribution >= 4 is 5.57 Å². The van der Waals surface area contributed by atoms with Crippen molar-refractivity contribution in [3.63, 3.8) is 0 Å². The first-order valence-corrected chi connectivity index (χ1v) is 9.48. The van der Waals surface area contributed by atoms with Gasteiger partial charge in [0.25, 0.3) is 0 Å². The van der Waals surface area contributed by atoms with Gasteiger partial charge < -0.3 is 4.98 Å². The predicted molar refractivity (Wildman–Crippen MR) is 110 cm³/mol. The van der Waals surface area contributed by atoms with Gasteiger partial charge in [-0.15, -0.1) is 0 Å². The molecule has 1 heterocycles. The Labute approximate surface area is 156 Å². The third kappa shape index (κ3) is 3.01. The van der Waals surface area contributed by atoms with Crippen molar-refractivity contribution < 1.29 is 0 Å². The summed E-state index contributed by atoms with van der Waals surface area (Å²) in [5.74, 6) is 1.03. The molecular formula is C24H26N2. The first kappa shape index (κ1) is 16.8. The first-order valence-electron chi connectivity index (χ1n) is 9.48. The number of hydrogen-bond donors (Lipinski definition) is 1. The molecule has 0 spiro atoms. The molecule has 0 radical (unpaired) electrons. The third-order valence-corrected chi connectivity index (χ3v) is 5.51. The molecular weight excluding hydrogens is 316 g/mol. The molecule has 1 aliphatic rings. The number of aromatic nitrogens is 2. The second kappa shape index (κ2) is 6.60. The number of hydrogen-bond acceptors (Lipinski definition) is 1. The molecule has 0 fully saturated rings. The molecule has 0 aliphatic heterocycles. The molecule has 0 amide bonds. The lowest BCUT2D eigenvalue weighted by Crippen LogP contribution is -2.20. The van der Waals surface area contributed by atoms with Crippen LogP contribution in [-0.2, 0) is 0 Å². The molecule has 4 rings (SSSR count). The van der Waals surface area contributed by atoms with Crippen LogP contribution in [0.2, 0.25) is 0 Å². The Bertz CT molecular complexity index is 874. The highest BCUT2D eigenvalue weighted by Crippen LogP contribution is 2.46. The lowest BCUT2D eigenvalue weighted by molar-refractivity contribution is 0.415. The van der Waals surface area contributed by atoms with Gasteiger partial charge in [0.05, 0.1) is 11.4 Å². The van der Waals surface area contributed by atoms with E-state index in [0.29, 0.717) is 0 Å². The molecule has 0 bridgehead atoms. The molecule has 0 saturated carbocycles. The van der Waals surface area contributed by atoms with E-state index in [9.17, 15) is 0 Å². The SMILES string of the molecule is CC1=C(c2nc(-c3ccccc3)c(-c3ccccc3)[nH]2)C(C)(C)CCC1. The van der Waals surface area contributed by atoms with Gasteiger partial charge in [0.1, 0.15) is 5.82 Å². The minimum Gasteiger partial charge on any atom is -0.338 e. The molecule has 1 aliphatic carbocycles. The van der Waals surface area contributed by atoms with Crippen molar-refractivity contribution in [2.45, 2.75) is 40.0 Å². The Balaban J connectivity index is 1.93. The van der Waals surface area contributed by atoms with E-state index >= 15 is 0 Å². The number of H-pyrrole nitrogens is 1. The summed E-state index contributed by atoms with van der Waals surface area (Å²) in [6.07, 6.45) is 3.64. The fourth-order valence-electron chi connectivity index (χ4n) is 4.26. The van der Waals surface area contributed by atoms with Crippen LogP contribution in [0.4, 0.5) is 0 Å². The lowest BCUT2D eigenvalue weighted by Gasteiger charge is -2.33. The largest absolute Gasteiger partial charge is 0.338 e. The molecule has 3 aromatic rings. The zero-order valence-corrected chi connectivity index (χ0v) is 15.8. The van der Waals surface area contributed by atoms with Gasteiger partial charge in [0, 0.05) is 11.1 Å². The van der Waals surface area contributed by atoms with E-state index in [1.807, 2.05) is 0 Å².